The Hall–Kier alpha value is -1.16. The second kappa shape index (κ2) is 5.48. The van der Waals surface area contributed by atoms with Crippen molar-refractivity contribution >= 4 is 11.5 Å². The topological polar surface area (TPSA) is 41.6 Å². The number of rotatable bonds is 1. The third-order valence-corrected chi connectivity index (χ3v) is 2.37. The number of hydrogen-bond acceptors (Lipinski definition) is 3. The third-order valence-electron chi connectivity index (χ3n) is 1.48. The zero-order valence-electron chi connectivity index (χ0n) is 7.82. The van der Waals surface area contributed by atoms with Crippen molar-refractivity contribution in [3.8, 4) is 0 Å². The lowest BCUT2D eigenvalue weighted by Crippen LogP contribution is -1.65. The van der Waals surface area contributed by atoms with Gasteiger partial charge in [0.05, 0.1) is 0 Å². The summed E-state index contributed by atoms with van der Waals surface area (Å²) in [6, 6.07) is 3.96. The summed E-state index contributed by atoms with van der Waals surface area (Å²) in [5, 5.41) is 6.45. The van der Waals surface area contributed by atoms with Crippen molar-refractivity contribution in [1.82, 2.24) is 14.6 Å². The Kier molecular flexibility index (Phi) is 4.18. The SMILES string of the molecule is CCc1ccns1.Cc1ccn[nH]1. The van der Waals surface area contributed by atoms with E-state index < -0.39 is 0 Å². The van der Waals surface area contributed by atoms with Crippen LogP contribution >= 0.6 is 11.5 Å². The molecule has 0 saturated heterocycles. The van der Waals surface area contributed by atoms with Crippen LogP contribution in [0.25, 0.3) is 0 Å². The van der Waals surface area contributed by atoms with Crippen LogP contribution in [0.4, 0.5) is 0 Å². The standard InChI is InChI=1S/C5H7NS.C4H6N2/c1-2-5-3-4-6-7-5;1-4-2-3-5-6-4/h3-4H,2H2,1H3;2-3H,1H3,(H,5,6). The van der Waals surface area contributed by atoms with E-state index >= 15 is 0 Å². The summed E-state index contributed by atoms with van der Waals surface area (Å²) in [7, 11) is 0. The van der Waals surface area contributed by atoms with Crippen molar-refractivity contribution in [2.24, 2.45) is 0 Å². The van der Waals surface area contributed by atoms with E-state index in [2.05, 4.69) is 21.5 Å². The minimum absolute atomic E-state index is 1.11. The lowest BCUT2D eigenvalue weighted by molar-refractivity contribution is 1.05. The Morgan fingerprint density at radius 3 is 2.46 bits per heavy atom. The van der Waals surface area contributed by atoms with Gasteiger partial charge in [-0.05, 0) is 37.0 Å². The number of hydrogen-bond donors (Lipinski definition) is 1. The molecule has 0 spiro atoms. The second-order valence-corrected chi connectivity index (χ2v) is 3.49. The fourth-order valence-corrected chi connectivity index (χ4v) is 1.26. The van der Waals surface area contributed by atoms with Gasteiger partial charge in [-0.3, -0.25) is 5.10 Å². The van der Waals surface area contributed by atoms with Gasteiger partial charge in [-0.25, -0.2) is 4.37 Å². The molecule has 2 aromatic heterocycles. The summed E-state index contributed by atoms with van der Waals surface area (Å²) < 4.78 is 3.93. The molecule has 0 unspecified atom stereocenters. The zero-order chi connectivity index (χ0) is 9.52. The monoisotopic (exact) mass is 195 g/mol. The number of nitrogens with one attached hydrogen (secondary N) is 1. The van der Waals surface area contributed by atoms with Crippen molar-refractivity contribution in [2.75, 3.05) is 0 Å². The van der Waals surface area contributed by atoms with E-state index in [1.54, 1.807) is 17.7 Å². The number of aryl methyl sites for hydroxylation is 2. The Balaban J connectivity index is 0.000000132. The van der Waals surface area contributed by atoms with Crippen LogP contribution in [0.5, 0.6) is 0 Å². The van der Waals surface area contributed by atoms with E-state index in [1.165, 1.54) is 4.88 Å². The van der Waals surface area contributed by atoms with Gasteiger partial charge in [0, 0.05) is 23.0 Å². The number of aromatic nitrogens is 3. The Morgan fingerprint density at radius 1 is 1.38 bits per heavy atom. The molecule has 1 N–H and O–H groups in total. The predicted octanol–water partition coefficient (Wildman–Crippen LogP) is 2.42. The molecule has 2 heterocycles. The zero-order valence-corrected chi connectivity index (χ0v) is 8.64. The molecule has 0 aromatic carbocycles. The molecular formula is C9H13N3S. The summed E-state index contributed by atoms with van der Waals surface area (Å²) in [5.74, 6) is 0. The van der Waals surface area contributed by atoms with Crippen molar-refractivity contribution < 1.29 is 0 Å². The van der Waals surface area contributed by atoms with Gasteiger partial charge in [0.25, 0.3) is 0 Å². The van der Waals surface area contributed by atoms with E-state index in [0.29, 0.717) is 0 Å². The van der Waals surface area contributed by atoms with Crippen LogP contribution in [0, 0.1) is 6.92 Å². The maximum atomic E-state index is 3.93. The molecule has 4 heteroatoms. The van der Waals surface area contributed by atoms with E-state index in [4.69, 9.17) is 0 Å². The lowest BCUT2D eigenvalue weighted by Gasteiger charge is -1.76. The molecule has 0 amide bonds. The summed E-state index contributed by atoms with van der Waals surface area (Å²) in [6.45, 7) is 4.10. The normalized spacial score (nSPS) is 9.08. The molecule has 0 fully saturated rings. The molecule has 0 radical (unpaired) electrons. The first-order chi connectivity index (χ1) is 6.33. The van der Waals surface area contributed by atoms with Gasteiger partial charge in [0.2, 0.25) is 0 Å². The summed E-state index contributed by atoms with van der Waals surface area (Å²) >= 11 is 1.57. The predicted molar refractivity (Wildman–Crippen MR) is 54.8 cm³/mol. The van der Waals surface area contributed by atoms with Gasteiger partial charge in [-0.1, -0.05) is 6.92 Å². The lowest BCUT2D eigenvalue weighted by atomic mass is 10.4. The van der Waals surface area contributed by atoms with Crippen LogP contribution in [0.3, 0.4) is 0 Å². The van der Waals surface area contributed by atoms with Gasteiger partial charge in [-0.2, -0.15) is 5.10 Å². The Labute approximate surface area is 82.0 Å². The quantitative estimate of drug-likeness (QED) is 0.759. The maximum absolute atomic E-state index is 3.93. The van der Waals surface area contributed by atoms with E-state index in [-0.39, 0.29) is 0 Å². The summed E-state index contributed by atoms with van der Waals surface area (Å²) in [6.07, 6.45) is 4.68. The highest BCUT2D eigenvalue weighted by atomic mass is 32.1. The molecule has 2 aromatic rings. The van der Waals surface area contributed by atoms with Crippen LogP contribution < -0.4 is 0 Å². The molecular weight excluding hydrogens is 182 g/mol. The first kappa shape index (κ1) is 9.92. The number of aromatic amines is 1. The molecule has 13 heavy (non-hydrogen) atoms. The Morgan fingerprint density at radius 2 is 2.23 bits per heavy atom. The van der Waals surface area contributed by atoms with Gasteiger partial charge >= 0.3 is 0 Å². The van der Waals surface area contributed by atoms with Crippen LogP contribution in [0.2, 0.25) is 0 Å². The molecule has 0 bridgehead atoms. The van der Waals surface area contributed by atoms with Gasteiger partial charge in [-0.15, -0.1) is 0 Å². The maximum Gasteiger partial charge on any atom is 0.0489 e. The second-order valence-electron chi connectivity index (χ2n) is 2.57. The molecule has 0 atom stereocenters. The minimum atomic E-state index is 1.11. The molecule has 70 valence electrons. The van der Waals surface area contributed by atoms with E-state index in [0.717, 1.165) is 12.1 Å². The first-order valence-corrected chi connectivity index (χ1v) is 4.95. The summed E-state index contributed by atoms with van der Waals surface area (Å²) in [4.78, 5) is 1.36. The van der Waals surface area contributed by atoms with Gasteiger partial charge in [0.15, 0.2) is 0 Å². The fourth-order valence-electron chi connectivity index (χ4n) is 0.750. The molecule has 3 nitrogen and oxygen atoms in total. The summed E-state index contributed by atoms with van der Waals surface area (Å²) in [5.41, 5.74) is 1.11. The highest BCUT2D eigenvalue weighted by Gasteiger charge is 1.84. The molecule has 0 aliphatic carbocycles. The minimum Gasteiger partial charge on any atom is -0.283 e. The molecule has 0 aliphatic heterocycles. The smallest absolute Gasteiger partial charge is 0.0489 e. The van der Waals surface area contributed by atoms with Crippen molar-refractivity contribution in [3.05, 3.63) is 35.1 Å². The van der Waals surface area contributed by atoms with Crippen molar-refractivity contribution in [2.45, 2.75) is 20.3 Å². The van der Waals surface area contributed by atoms with Gasteiger partial charge in [0.1, 0.15) is 0 Å². The highest BCUT2D eigenvalue weighted by Crippen LogP contribution is 2.02. The number of H-pyrrole nitrogens is 1. The van der Waals surface area contributed by atoms with Crippen molar-refractivity contribution in [1.29, 1.82) is 0 Å². The Bertz CT molecular complexity index is 299. The van der Waals surface area contributed by atoms with Crippen molar-refractivity contribution in [3.63, 3.8) is 0 Å². The van der Waals surface area contributed by atoms with Gasteiger partial charge < -0.3 is 0 Å². The molecule has 0 saturated carbocycles. The average Bonchev–Trinajstić information content (AvgIpc) is 2.76. The fraction of sp³-hybridized carbons (Fsp3) is 0.333. The van der Waals surface area contributed by atoms with Crippen LogP contribution in [-0.4, -0.2) is 14.6 Å². The van der Waals surface area contributed by atoms with Crippen LogP contribution in [0.15, 0.2) is 24.5 Å². The van der Waals surface area contributed by atoms with Crippen LogP contribution in [-0.2, 0) is 6.42 Å². The van der Waals surface area contributed by atoms with Crippen LogP contribution in [0.1, 0.15) is 17.5 Å². The largest absolute Gasteiger partial charge is 0.283 e. The average molecular weight is 195 g/mol. The molecule has 0 aliphatic rings. The van der Waals surface area contributed by atoms with E-state index in [9.17, 15) is 0 Å². The third kappa shape index (κ3) is 3.85. The van der Waals surface area contributed by atoms with E-state index in [1.807, 2.05) is 25.3 Å². The number of nitrogens with zero attached hydrogens (tertiary/aromatic N) is 2. The first-order valence-electron chi connectivity index (χ1n) is 4.18. The highest BCUT2D eigenvalue weighted by molar-refractivity contribution is 7.05. The molecule has 2 rings (SSSR count).